The van der Waals surface area contributed by atoms with Crippen LogP contribution >= 0.6 is 11.8 Å². The van der Waals surface area contributed by atoms with Crippen LogP contribution in [0.3, 0.4) is 0 Å². The molecule has 0 saturated carbocycles. The zero-order chi connectivity index (χ0) is 32.7. The highest BCUT2D eigenvalue weighted by atomic mass is 32.2. The van der Waals surface area contributed by atoms with Gasteiger partial charge in [0.1, 0.15) is 6.07 Å². The third kappa shape index (κ3) is 5.37. The summed E-state index contributed by atoms with van der Waals surface area (Å²) in [5.41, 5.74) is 9.99. The molecule has 0 fully saturated rings. The Hall–Kier alpha value is -5.83. The van der Waals surface area contributed by atoms with Gasteiger partial charge in [0.25, 0.3) is 0 Å². The first-order valence-electron chi connectivity index (χ1n) is 15.9. The molecule has 0 atom stereocenters. The Bertz CT molecular complexity index is 2260. The first-order valence-corrected chi connectivity index (χ1v) is 16.7. The van der Waals surface area contributed by atoms with Crippen molar-refractivity contribution >= 4 is 11.8 Å². The second-order valence-electron chi connectivity index (χ2n) is 12.4. The van der Waals surface area contributed by atoms with Crippen LogP contribution in [0.1, 0.15) is 30.5 Å². The lowest BCUT2D eigenvalue weighted by molar-refractivity contribution is 0.607. The van der Waals surface area contributed by atoms with Crippen LogP contribution in [0.4, 0.5) is 0 Å². The molecule has 48 heavy (non-hydrogen) atoms. The van der Waals surface area contributed by atoms with Gasteiger partial charge < -0.3 is 0 Å². The van der Waals surface area contributed by atoms with Crippen LogP contribution in [0.5, 0.6) is 0 Å². The fourth-order valence-electron chi connectivity index (χ4n) is 6.43. The molecule has 1 aromatic heterocycles. The molecule has 0 spiro atoms. The van der Waals surface area contributed by atoms with Crippen molar-refractivity contribution in [3.05, 3.63) is 162 Å². The third-order valence-electron chi connectivity index (χ3n) is 9.02. The summed E-state index contributed by atoms with van der Waals surface area (Å²) in [5.74, 6) is 1.85. The van der Waals surface area contributed by atoms with E-state index in [1.165, 1.54) is 5.56 Å². The maximum Gasteiger partial charge on any atom is 0.164 e. The van der Waals surface area contributed by atoms with Gasteiger partial charge in [0.2, 0.25) is 0 Å². The quantitative estimate of drug-likeness (QED) is 0.188. The van der Waals surface area contributed by atoms with Crippen LogP contribution in [0, 0.1) is 11.3 Å². The molecule has 0 radical (unpaired) electrons. The third-order valence-corrected chi connectivity index (χ3v) is 10.2. The normalized spacial score (nSPS) is 12.9. The molecule has 0 N–H and O–H groups in total. The Morgan fingerprint density at radius 1 is 0.479 bits per heavy atom. The van der Waals surface area contributed by atoms with Crippen molar-refractivity contribution in [1.29, 1.82) is 5.26 Å². The first-order chi connectivity index (χ1) is 23.5. The van der Waals surface area contributed by atoms with Gasteiger partial charge in [-0.3, -0.25) is 0 Å². The van der Waals surface area contributed by atoms with Gasteiger partial charge in [0.05, 0.1) is 5.56 Å². The highest BCUT2D eigenvalue weighted by Crippen LogP contribution is 2.51. The van der Waals surface area contributed by atoms with E-state index in [1.54, 1.807) is 11.8 Å². The zero-order valence-corrected chi connectivity index (χ0v) is 27.4. The number of benzene rings is 6. The van der Waals surface area contributed by atoms with Crippen molar-refractivity contribution in [3.63, 3.8) is 0 Å². The lowest BCUT2D eigenvalue weighted by Gasteiger charge is -2.35. The van der Waals surface area contributed by atoms with E-state index in [1.807, 2.05) is 24.3 Å². The van der Waals surface area contributed by atoms with Gasteiger partial charge in [-0.2, -0.15) is 5.26 Å². The van der Waals surface area contributed by atoms with E-state index in [0.717, 1.165) is 54.3 Å². The summed E-state index contributed by atoms with van der Waals surface area (Å²) in [6, 6.07) is 52.3. The van der Waals surface area contributed by atoms with E-state index >= 15 is 0 Å². The summed E-state index contributed by atoms with van der Waals surface area (Å²) in [7, 11) is 0. The minimum atomic E-state index is -0.314. The van der Waals surface area contributed by atoms with Gasteiger partial charge in [0, 0.05) is 31.9 Å². The Morgan fingerprint density at radius 2 is 0.958 bits per heavy atom. The van der Waals surface area contributed by atoms with Gasteiger partial charge in [-0.15, -0.1) is 0 Å². The first kappa shape index (κ1) is 29.6. The number of nitrogens with zero attached hydrogens (tertiary/aromatic N) is 4. The Labute approximate surface area is 284 Å². The molecule has 228 valence electrons. The average molecular weight is 635 g/mol. The van der Waals surface area contributed by atoms with Crippen molar-refractivity contribution in [1.82, 2.24) is 15.0 Å². The Morgan fingerprint density at radius 3 is 1.50 bits per heavy atom. The van der Waals surface area contributed by atoms with Gasteiger partial charge >= 0.3 is 0 Å². The standard InChI is InChI=1S/C43H30N4S/c1-43(2)36-21-11-20-35(27-44)39(36)48-38-23-22-34(26-37(38)43)42-46-40(32-18-9-16-30(24-32)28-12-5-3-6-13-28)45-41(47-42)33-19-10-17-31(25-33)29-14-7-4-8-15-29/h3-26H,1-2H3. The van der Waals surface area contributed by atoms with Crippen molar-refractivity contribution < 1.29 is 0 Å². The minimum absolute atomic E-state index is 0.314. The lowest BCUT2D eigenvalue weighted by atomic mass is 9.76. The molecule has 0 amide bonds. The van der Waals surface area contributed by atoms with Crippen molar-refractivity contribution in [2.45, 2.75) is 29.1 Å². The highest BCUT2D eigenvalue weighted by Gasteiger charge is 2.34. The number of hydrogen-bond donors (Lipinski definition) is 0. The minimum Gasteiger partial charge on any atom is -0.208 e. The molecule has 1 aliphatic heterocycles. The van der Waals surface area contributed by atoms with Crippen molar-refractivity contribution in [2.24, 2.45) is 0 Å². The molecule has 0 saturated heterocycles. The smallest absolute Gasteiger partial charge is 0.164 e. The summed E-state index contributed by atoms with van der Waals surface area (Å²) in [4.78, 5) is 17.5. The molecule has 5 heteroatoms. The van der Waals surface area contributed by atoms with E-state index < -0.39 is 0 Å². The predicted octanol–water partition coefficient (Wildman–Crippen LogP) is 10.9. The van der Waals surface area contributed by atoms with Crippen LogP contribution in [0.25, 0.3) is 56.4 Å². The molecule has 8 rings (SSSR count). The van der Waals surface area contributed by atoms with Gasteiger partial charge in [0.15, 0.2) is 17.5 Å². The number of nitriles is 1. The predicted molar refractivity (Wildman–Crippen MR) is 194 cm³/mol. The molecule has 6 aromatic carbocycles. The molecule has 1 aliphatic rings. The summed E-state index contributed by atoms with van der Waals surface area (Å²) in [6.45, 7) is 4.45. The molecule has 2 heterocycles. The zero-order valence-electron chi connectivity index (χ0n) is 26.6. The van der Waals surface area contributed by atoms with E-state index in [0.29, 0.717) is 23.0 Å². The molecule has 4 nitrogen and oxygen atoms in total. The second-order valence-corrected chi connectivity index (χ2v) is 13.5. The number of aromatic nitrogens is 3. The molecular formula is C43H30N4S. The summed E-state index contributed by atoms with van der Waals surface area (Å²) >= 11 is 1.66. The van der Waals surface area contributed by atoms with Gasteiger partial charge in [-0.05, 0) is 63.7 Å². The largest absolute Gasteiger partial charge is 0.208 e. The molecule has 0 bridgehead atoms. The summed E-state index contributed by atoms with van der Waals surface area (Å²) in [6.07, 6.45) is 0. The summed E-state index contributed by atoms with van der Waals surface area (Å²) in [5, 5.41) is 9.82. The maximum atomic E-state index is 9.82. The molecule has 7 aromatic rings. The van der Waals surface area contributed by atoms with E-state index in [-0.39, 0.29) is 5.41 Å². The topological polar surface area (TPSA) is 62.5 Å². The molecular weight excluding hydrogens is 605 g/mol. The number of rotatable bonds is 5. The Kier molecular flexibility index (Phi) is 7.44. The van der Waals surface area contributed by atoms with Crippen molar-refractivity contribution in [3.8, 4) is 62.5 Å². The van der Waals surface area contributed by atoms with E-state index in [4.69, 9.17) is 15.0 Å². The van der Waals surface area contributed by atoms with Crippen LogP contribution < -0.4 is 0 Å². The fourth-order valence-corrected chi connectivity index (χ4v) is 7.87. The van der Waals surface area contributed by atoms with Crippen LogP contribution in [-0.2, 0) is 5.41 Å². The molecule has 0 unspecified atom stereocenters. The van der Waals surface area contributed by atoms with Crippen LogP contribution in [0.2, 0.25) is 0 Å². The maximum absolute atomic E-state index is 9.82. The second kappa shape index (κ2) is 12.1. The van der Waals surface area contributed by atoms with Crippen LogP contribution in [-0.4, -0.2) is 15.0 Å². The van der Waals surface area contributed by atoms with E-state index in [9.17, 15) is 5.26 Å². The Balaban J connectivity index is 1.28. The highest BCUT2D eigenvalue weighted by molar-refractivity contribution is 7.99. The SMILES string of the molecule is CC1(C)c2cc(-c3nc(-c4cccc(-c5ccccc5)c4)nc(-c4cccc(-c5ccccc5)c4)n3)ccc2Sc2c(C#N)cccc21. The monoisotopic (exact) mass is 634 g/mol. The fraction of sp³-hybridized carbons (Fsp3) is 0.0698. The van der Waals surface area contributed by atoms with Crippen LogP contribution in [0.15, 0.2) is 155 Å². The average Bonchev–Trinajstić information content (AvgIpc) is 3.15. The van der Waals surface area contributed by atoms with E-state index in [2.05, 4.69) is 141 Å². The van der Waals surface area contributed by atoms with Gasteiger partial charge in [-0.1, -0.05) is 141 Å². The van der Waals surface area contributed by atoms with Crippen molar-refractivity contribution in [2.75, 3.05) is 0 Å². The lowest BCUT2D eigenvalue weighted by Crippen LogP contribution is -2.24. The summed E-state index contributed by atoms with van der Waals surface area (Å²) < 4.78 is 0. The number of fused-ring (bicyclic) bond motifs is 2. The molecule has 0 aliphatic carbocycles. The number of hydrogen-bond acceptors (Lipinski definition) is 5. The van der Waals surface area contributed by atoms with Gasteiger partial charge in [-0.25, -0.2) is 15.0 Å².